The number of benzene rings is 1. The van der Waals surface area contributed by atoms with Crippen LogP contribution >= 0.6 is 0 Å². The molecule has 5 nitrogen and oxygen atoms in total. The molecule has 0 atom stereocenters. The number of hydrogen-bond acceptors (Lipinski definition) is 4. The smallest absolute Gasteiger partial charge is 0.410 e. The molecule has 0 aromatic heterocycles. The van der Waals surface area contributed by atoms with E-state index in [4.69, 9.17) is 9.47 Å². The first-order valence-corrected chi connectivity index (χ1v) is 8.03. The van der Waals surface area contributed by atoms with E-state index in [1.54, 1.807) is 19.1 Å². The first kappa shape index (κ1) is 19.5. The third kappa shape index (κ3) is 8.57. The molecule has 1 rings (SSSR count). The van der Waals surface area contributed by atoms with Crippen molar-refractivity contribution < 1.29 is 14.3 Å². The van der Waals surface area contributed by atoms with Crippen LogP contribution in [-0.4, -0.2) is 43.8 Å². The molecule has 5 heteroatoms. The van der Waals surface area contributed by atoms with Gasteiger partial charge < -0.3 is 19.7 Å². The summed E-state index contributed by atoms with van der Waals surface area (Å²) in [4.78, 5) is 13.4. The monoisotopic (exact) mass is 322 g/mol. The summed E-state index contributed by atoms with van der Waals surface area (Å²) in [5.74, 6) is 0. The van der Waals surface area contributed by atoms with Gasteiger partial charge in [-0.1, -0.05) is 24.3 Å². The lowest BCUT2D eigenvalue weighted by Gasteiger charge is -2.24. The maximum absolute atomic E-state index is 11.8. The van der Waals surface area contributed by atoms with Crippen molar-refractivity contribution in [2.75, 3.05) is 27.2 Å². The van der Waals surface area contributed by atoms with E-state index in [1.165, 1.54) is 11.1 Å². The van der Waals surface area contributed by atoms with E-state index in [2.05, 4.69) is 23.5 Å². The molecule has 0 saturated heterocycles. The van der Waals surface area contributed by atoms with Gasteiger partial charge in [0.2, 0.25) is 0 Å². The van der Waals surface area contributed by atoms with Crippen LogP contribution in [0.3, 0.4) is 0 Å². The highest BCUT2D eigenvalue weighted by Gasteiger charge is 2.18. The molecular formula is C18H30N2O3. The van der Waals surface area contributed by atoms with E-state index < -0.39 is 5.60 Å². The highest BCUT2D eigenvalue weighted by Crippen LogP contribution is 2.09. The van der Waals surface area contributed by atoms with Crippen LogP contribution < -0.4 is 5.32 Å². The van der Waals surface area contributed by atoms with Gasteiger partial charge in [-0.05, 0) is 44.9 Å². The molecule has 0 saturated carbocycles. The van der Waals surface area contributed by atoms with Crippen LogP contribution in [-0.2, 0) is 22.6 Å². The molecule has 0 heterocycles. The van der Waals surface area contributed by atoms with Crippen molar-refractivity contribution in [3.8, 4) is 0 Å². The number of carbonyl (C=O) groups excluding carboxylic acids is 1. The maximum Gasteiger partial charge on any atom is 0.410 e. The van der Waals surface area contributed by atoms with Gasteiger partial charge in [0.05, 0.1) is 6.61 Å². The summed E-state index contributed by atoms with van der Waals surface area (Å²) in [5, 5.41) is 3.39. The van der Waals surface area contributed by atoms with Gasteiger partial charge in [-0.3, -0.25) is 0 Å². The summed E-state index contributed by atoms with van der Waals surface area (Å²) in [6, 6.07) is 8.34. The van der Waals surface area contributed by atoms with Gasteiger partial charge in [-0.25, -0.2) is 4.79 Å². The standard InChI is InChI=1S/C18H30N2O3/c1-18(2,3)23-17(21)20(4)11-7-10-19-13-15-8-6-9-16(12-15)14-22-5/h6,8-9,12,19H,7,10-11,13-14H2,1-5H3. The number of amides is 1. The Kier molecular flexibility index (Phi) is 8.06. The Morgan fingerprint density at radius 2 is 1.96 bits per heavy atom. The molecule has 0 spiro atoms. The molecule has 1 amide bonds. The van der Waals surface area contributed by atoms with E-state index in [1.807, 2.05) is 26.8 Å². The molecule has 1 N–H and O–H groups in total. The molecule has 23 heavy (non-hydrogen) atoms. The second-order valence-electron chi connectivity index (χ2n) is 6.69. The Hall–Kier alpha value is -1.59. The zero-order valence-electron chi connectivity index (χ0n) is 15.0. The first-order chi connectivity index (χ1) is 10.8. The van der Waals surface area contributed by atoms with Gasteiger partial charge >= 0.3 is 6.09 Å². The predicted octanol–water partition coefficient (Wildman–Crippen LogP) is 3.18. The van der Waals surface area contributed by atoms with Crippen molar-refractivity contribution in [2.24, 2.45) is 0 Å². The normalized spacial score (nSPS) is 11.3. The number of rotatable bonds is 8. The Bertz CT molecular complexity index is 483. The van der Waals surface area contributed by atoms with Crippen molar-refractivity contribution in [1.29, 1.82) is 0 Å². The Morgan fingerprint density at radius 1 is 1.26 bits per heavy atom. The summed E-state index contributed by atoms with van der Waals surface area (Å²) in [6.07, 6.45) is 0.609. The van der Waals surface area contributed by atoms with Gasteiger partial charge in [0, 0.05) is 27.2 Å². The molecule has 1 aromatic rings. The van der Waals surface area contributed by atoms with Gasteiger partial charge in [-0.15, -0.1) is 0 Å². The minimum Gasteiger partial charge on any atom is -0.444 e. The third-order valence-corrected chi connectivity index (χ3v) is 3.18. The topological polar surface area (TPSA) is 50.8 Å². The molecule has 0 aliphatic carbocycles. The molecule has 0 aliphatic heterocycles. The Labute approximate surface area is 140 Å². The Morgan fingerprint density at radius 3 is 2.61 bits per heavy atom. The number of nitrogens with one attached hydrogen (secondary N) is 1. The molecule has 0 radical (unpaired) electrons. The number of hydrogen-bond donors (Lipinski definition) is 1. The fourth-order valence-corrected chi connectivity index (χ4v) is 2.10. The van der Waals surface area contributed by atoms with Crippen LogP contribution in [0.15, 0.2) is 24.3 Å². The average Bonchev–Trinajstić information content (AvgIpc) is 2.45. The molecule has 1 aromatic carbocycles. The van der Waals surface area contributed by atoms with Crippen LogP contribution in [0.2, 0.25) is 0 Å². The second kappa shape index (κ2) is 9.53. The van der Waals surface area contributed by atoms with Crippen molar-refractivity contribution in [3.63, 3.8) is 0 Å². The minimum absolute atomic E-state index is 0.273. The fourth-order valence-electron chi connectivity index (χ4n) is 2.10. The van der Waals surface area contributed by atoms with E-state index in [0.717, 1.165) is 19.5 Å². The number of nitrogens with zero attached hydrogens (tertiary/aromatic N) is 1. The zero-order valence-corrected chi connectivity index (χ0v) is 15.0. The molecule has 130 valence electrons. The van der Waals surface area contributed by atoms with Crippen molar-refractivity contribution >= 4 is 6.09 Å². The molecule has 0 bridgehead atoms. The molecular weight excluding hydrogens is 292 g/mol. The number of methoxy groups -OCH3 is 1. The van der Waals surface area contributed by atoms with Gasteiger partial charge in [0.1, 0.15) is 5.60 Å². The van der Waals surface area contributed by atoms with Crippen LogP contribution in [0.25, 0.3) is 0 Å². The van der Waals surface area contributed by atoms with Crippen LogP contribution in [0, 0.1) is 0 Å². The summed E-state index contributed by atoms with van der Waals surface area (Å²) in [6.45, 7) is 8.59. The van der Waals surface area contributed by atoms with Gasteiger partial charge in [0.15, 0.2) is 0 Å². The fraction of sp³-hybridized carbons (Fsp3) is 0.611. The summed E-state index contributed by atoms with van der Waals surface area (Å²) in [7, 11) is 3.47. The summed E-state index contributed by atoms with van der Waals surface area (Å²) >= 11 is 0. The summed E-state index contributed by atoms with van der Waals surface area (Å²) < 4.78 is 10.5. The highest BCUT2D eigenvalue weighted by molar-refractivity contribution is 5.67. The second-order valence-corrected chi connectivity index (χ2v) is 6.69. The van der Waals surface area contributed by atoms with E-state index >= 15 is 0 Å². The predicted molar refractivity (Wildman–Crippen MR) is 92.3 cm³/mol. The molecule has 0 aliphatic rings. The van der Waals surface area contributed by atoms with Crippen LogP contribution in [0.5, 0.6) is 0 Å². The van der Waals surface area contributed by atoms with Crippen molar-refractivity contribution in [2.45, 2.75) is 45.9 Å². The summed E-state index contributed by atoms with van der Waals surface area (Å²) in [5.41, 5.74) is 1.97. The maximum atomic E-state index is 11.8. The number of ether oxygens (including phenoxy) is 2. The number of carbonyl (C=O) groups is 1. The van der Waals surface area contributed by atoms with Crippen LogP contribution in [0.4, 0.5) is 4.79 Å². The highest BCUT2D eigenvalue weighted by atomic mass is 16.6. The largest absolute Gasteiger partial charge is 0.444 e. The van der Waals surface area contributed by atoms with E-state index in [-0.39, 0.29) is 6.09 Å². The van der Waals surface area contributed by atoms with Gasteiger partial charge in [0.25, 0.3) is 0 Å². The van der Waals surface area contributed by atoms with E-state index in [0.29, 0.717) is 13.2 Å². The van der Waals surface area contributed by atoms with Gasteiger partial charge in [-0.2, -0.15) is 0 Å². The SMILES string of the molecule is COCc1cccc(CNCCCN(C)C(=O)OC(C)(C)C)c1. The van der Waals surface area contributed by atoms with E-state index in [9.17, 15) is 4.79 Å². The molecule has 0 unspecified atom stereocenters. The van der Waals surface area contributed by atoms with Crippen molar-refractivity contribution in [1.82, 2.24) is 10.2 Å². The average molecular weight is 322 g/mol. The lowest BCUT2D eigenvalue weighted by molar-refractivity contribution is 0.0297. The third-order valence-electron chi connectivity index (χ3n) is 3.18. The first-order valence-electron chi connectivity index (χ1n) is 8.03. The Balaban J connectivity index is 2.22. The van der Waals surface area contributed by atoms with Crippen molar-refractivity contribution in [3.05, 3.63) is 35.4 Å². The van der Waals surface area contributed by atoms with Crippen LogP contribution in [0.1, 0.15) is 38.3 Å². The lowest BCUT2D eigenvalue weighted by atomic mass is 10.1. The zero-order chi connectivity index (χ0) is 17.3. The molecule has 0 fully saturated rings. The quantitative estimate of drug-likeness (QED) is 0.747. The lowest BCUT2D eigenvalue weighted by Crippen LogP contribution is -2.35. The minimum atomic E-state index is -0.448.